The van der Waals surface area contributed by atoms with Gasteiger partial charge in [0, 0.05) is 12.0 Å². The van der Waals surface area contributed by atoms with Crippen LogP contribution in [-0.2, 0) is 5.41 Å². The summed E-state index contributed by atoms with van der Waals surface area (Å²) in [6, 6.07) is 8.37. The first-order valence-electron chi connectivity index (χ1n) is 6.88. The maximum atomic E-state index is 10.5. The molecule has 1 fully saturated rings. The van der Waals surface area contributed by atoms with Crippen LogP contribution in [0.2, 0.25) is 0 Å². The van der Waals surface area contributed by atoms with E-state index in [1.165, 1.54) is 12.0 Å². The predicted molar refractivity (Wildman–Crippen MR) is 75.4 cm³/mol. The van der Waals surface area contributed by atoms with Gasteiger partial charge in [-0.2, -0.15) is 0 Å². The molecule has 0 aromatic heterocycles. The normalized spacial score (nSPS) is 20.3. The van der Waals surface area contributed by atoms with Crippen LogP contribution in [0.4, 0.5) is 0 Å². The van der Waals surface area contributed by atoms with E-state index >= 15 is 0 Å². The Labute approximate surface area is 110 Å². The molecule has 1 saturated carbocycles. The van der Waals surface area contributed by atoms with Gasteiger partial charge in [-0.15, -0.1) is 0 Å². The van der Waals surface area contributed by atoms with Gasteiger partial charge >= 0.3 is 0 Å². The number of aliphatic hydroxyl groups is 1. The summed E-state index contributed by atoms with van der Waals surface area (Å²) in [5, 5.41) is 10.5. The molecule has 18 heavy (non-hydrogen) atoms. The highest BCUT2D eigenvalue weighted by atomic mass is 16.3. The minimum absolute atomic E-state index is 0.0662. The maximum Gasteiger partial charge on any atom is 0.0858 e. The monoisotopic (exact) mass is 247 g/mol. The fourth-order valence-electron chi connectivity index (χ4n) is 2.74. The fourth-order valence-corrected chi connectivity index (χ4v) is 2.74. The lowest BCUT2D eigenvalue weighted by atomic mass is 9.63. The Balaban J connectivity index is 2.19. The lowest BCUT2D eigenvalue weighted by molar-refractivity contribution is -0.0297. The van der Waals surface area contributed by atoms with Crippen molar-refractivity contribution in [1.29, 1.82) is 0 Å². The molecule has 1 aromatic rings. The highest BCUT2D eigenvalue weighted by Gasteiger charge is 2.42. The van der Waals surface area contributed by atoms with Crippen LogP contribution in [0.3, 0.4) is 0 Å². The van der Waals surface area contributed by atoms with E-state index in [9.17, 15) is 5.11 Å². The summed E-state index contributed by atoms with van der Waals surface area (Å²) in [6.07, 6.45) is 2.87. The molecule has 0 radical (unpaired) electrons. The van der Waals surface area contributed by atoms with Crippen molar-refractivity contribution in [1.82, 2.24) is 0 Å². The first kappa shape index (κ1) is 13.6. The standard InChI is InChI=1S/C16H25NO/c1-15(2,3)13-7-5-12(6-8-13)14(18)16(11-17)9-4-10-16/h5-8,14,18H,4,9-11,17H2,1-3H3. The zero-order valence-corrected chi connectivity index (χ0v) is 11.7. The topological polar surface area (TPSA) is 46.2 Å². The molecule has 1 unspecified atom stereocenters. The molecule has 1 aliphatic rings. The minimum atomic E-state index is -0.412. The van der Waals surface area contributed by atoms with E-state index in [2.05, 4.69) is 45.0 Å². The largest absolute Gasteiger partial charge is 0.388 e. The van der Waals surface area contributed by atoms with Crippen LogP contribution in [-0.4, -0.2) is 11.7 Å². The van der Waals surface area contributed by atoms with E-state index < -0.39 is 6.10 Å². The molecule has 0 heterocycles. The lowest BCUT2D eigenvalue weighted by Crippen LogP contribution is -2.42. The first-order valence-corrected chi connectivity index (χ1v) is 6.88. The van der Waals surface area contributed by atoms with Gasteiger partial charge in [-0.3, -0.25) is 0 Å². The Morgan fingerprint density at radius 2 is 1.78 bits per heavy atom. The smallest absolute Gasteiger partial charge is 0.0858 e. The van der Waals surface area contributed by atoms with Crippen molar-refractivity contribution in [3.05, 3.63) is 35.4 Å². The van der Waals surface area contributed by atoms with E-state index in [0.29, 0.717) is 6.54 Å². The van der Waals surface area contributed by atoms with Crippen molar-refractivity contribution < 1.29 is 5.11 Å². The van der Waals surface area contributed by atoms with Gasteiger partial charge in [-0.05, 0) is 29.4 Å². The van der Waals surface area contributed by atoms with Crippen molar-refractivity contribution in [3.63, 3.8) is 0 Å². The van der Waals surface area contributed by atoms with Crippen molar-refractivity contribution in [2.24, 2.45) is 11.1 Å². The number of aliphatic hydroxyl groups excluding tert-OH is 1. The molecular formula is C16H25NO. The van der Waals surface area contributed by atoms with Crippen LogP contribution < -0.4 is 5.73 Å². The molecule has 1 aromatic carbocycles. The van der Waals surface area contributed by atoms with Crippen LogP contribution in [0, 0.1) is 5.41 Å². The van der Waals surface area contributed by atoms with Crippen LogP contribution in [0.1, 0.15) is 57.3 Å². The second-order valence-corrected chi connectivity index (χ2v) is 6.69. The fraction of sp³-hybridized carbons (Fsp3) is 0.625. The highest BCUT2D eigenvalue weighted by Crippen LogP contribution is 2.49. The Morgan fingerprint density at radius 1 is 1.22 bits per heavy atom. The van der Waals surface area contributed by atoms with Gasteiger partial charge in [-0.1, -0.05) is 51.5 Å². The third kappa shape index (κ3) is 2.32. The van der Waals surface area contributed by atoms with Crippen molar-refractivity contribution in [3.8, 4) is 0 Å². The minimum Gasteiger partial charge on any atom is -0.388 e. The number of nitrogens with two attached hydrogens (primary N) is 1. The van der Waals surface area contributed by atoms with Gasteiger partial charge in [0.2, 0.25) is 0 Å². The molecule has 0 bridgehead atoms. The van der Waals surface area contributed by atoms with Crippen LogP contribution in [0.5, 0.6) is 0 Å². The highest BCUT2D eigenvalue weighted by molar-refractivity contribution is 5.30. The van der Waals surface area contributed by atoms with E-state index in [0.717, 1.165) is 18.4 Å². The van der Waals surface area contributed by atoms with Gasteiger partial charge < -0.3 is 10.8 Å². The summed E-state index contributed by atoms with van der Waals surface area (Å²) in [4.78, 5) is 0. The van der Waals surface area contributed by atoms with Crippen LogP contribution >= 0.6 is 0 Å². The second kappa shape index (κ2) is 4.67. The summed E-state index contributed by atoms with van der Waals surface area (Å²) >= 11 is 0. The van der Waals surface area contributed by atoms with E-state index in [1.54, 1.807) is 0 Å². The molecule has 0 aliphatic heterocycles. The van der Waals surface area contributed by atoms with Gasteiger partial charge in [0.15, 0.2) is 0 Å². The Kier molecular flexibility index (Phi) is 3.52. The van der Waals surface area contributed by atoms with Gasteiger partial charge in [0.1, 0.15) is 0 Å². The molecule has 1 atom stereocenters. The summed E-state index contributed by atoms with van der Waals surface area (Å²) in [7, 11) is 0. The number of hydrogen-bond donors (Lipinski definition) is 2. The van der Waals surface area contributed by atoms with Gasteiger partial charge in [0.05, 0.1) is 6.10 Å². The zero-order chi connectivity index (χ0) is 13.4. The average Bonchev–Trinajstić information content (AvgIpc) is 2.27. The second-order valence-electron chi connectivity index (χ2n) is 6.69. The molecule has 0 saturated heterocycles. The molecule has 1 aliphatic carbocycles. The van der Waals surface area contributed by atoms with E-state index in [-0.39, 0.29) is 10.8 Å². The summed E-state index contributed by atoms with van der Waals surface area (Å²) in [5.41, 5.74) is 8.25. The van der Waals surface area contributed by atoms with Gasteiger partial charge in [0.25, 0.3) is 0 Å². The zero-order valence-electron chi connectivity index (χ0n) is 11.7. The Hall–Kier alpha value is -0.860. The van der Waals surface area contributed by atoms with Crippen molar-refractivity contribution >= 4 is 0 Å². The Morgan fingerprint density at radius 3 is 2.11 bits per heavy atom. The molecule has 2 heteroatoms. The maximum absolute atomic E-state index is 10.5. The number of benzene rings is 1. The van der Waals surface area contributed by atoms with Crippen LogP contribution in [0.25, 0.3) is 0 Å². The van der Waals surface area contributed by atoms with Crippen LogP contribution in [0.15, 0.2) is 24.3 Å². The SMILES string of the molecule is CC(C)(C)c1ccc(C(O)C2(CN)CCC2)cc1. The average molecular weight is 247 g/mol. The summed E-state index contributed by atoms with van der Waals surface area (Å²) < 4.78 is 0. The molecule has 0 spiro atoms. The molecular weight excluding hydrogens is 222 g/mol. The van der Waals surface area contributed by atoms with Crippen molar-refractivity contribution in [2.45, 2.75) is 51.6 Å². The third-order valence-electron chi connectivity index (χ3n) is 4.43. The lowest BCUT2D eigenvalue weighted by Gasteiger charge is -2.45. The quantitative estimate of drug-likeness (QED) is 0.862. The molecule has 2 nitrogen and oxygen atoms in total. The Bertz CT molecular complexity index is 393. The molecule has 100 valence electrons. The molecule has 3 N–H and O–H groups in total. The summed E-state index contributed by atoms with van der Waals surface area (Å²) in [6.45, 7) is 7.18. The first-order chi connectivity index (χ1) is 8.39. The summed E-state index contributed by atoms with van der Waals surface area (Å²) in [5.74, 6) is 0. The van der Waals surface area contributed by atoms with E-state index in [1.807, 2.05) is 0 Å². The van der Waals surface area contributed by atoms with E-state index in [4.69, 9.17) is 5.73 Å². The predicted octanol–water partition coefficient (Wildman–Crippen LogP) is 3.15. The van der Waals surface area contributed by atoms with Crippen molar-refractivity contribution in [2.75, 3.05) is 6.54 Å². The third-order valence-corrected chi connectivity index (χ3v) is 4.43. The molecule has 0 amide bonds. The molecule has 2 rings (SSSR count). The number of rotatable bonds is 3. The van der Waals surface area contributed by atoms with Gasteiger partial charge in [-0.25, -0.2) is 0 Å². The number of hydrogen-bond acceptors (Lipinski definition) is 2.